The third-order valence-corrected chi connectivity index (χ3v) is 2.69. The lowest BCUT2D eigenvalue weighted by molar-refractivity contribution is 0.507. The van der Waals surface area contributed by atoms with Gasteiger partial charge in [0.15, 0.2) is 0 Å². The molecule has 2 rings (SSSR count). The van der Waals surface area contributed by atoms with Crippen molar-refractivity contribution < 1.29 is 0 Å². The molecular formula is C11H18N2. The summed E-state index contributed by atoms with van der Waals surface area (Å²) in [6.45, 7) is 5.69. The molecule has 1 aromatic rings. The molecule has 0 amide bonds. The molecule has 2 nitrogen and oxygen atoms in total. The van der Waals surface area contributed by atoms with Gasteiger partial charge in [0.2, 0.25) is 0 Å². The standard InChI is InChI=1S/C11H18N2/c1-9(2)5-6-13-8-12-7-11(13)10-3-4-10/h7-10H,3-6H2,1-2H3. The first kappa shape index (κ1) is 8.79. The SMILES string of the molecule is CC(C)CCn1cncc1C1CC1. The van der Waals surface area contributed by atoms with Crippen molar-refractivity contribution in [2.45, 2.75) is 45.6 Å². The van der Waals surface area contributed by atoms with E-state index in [1.54, 1.807) is 0 Å². The molecule has 1 heterocycles. The zero-order valence-electron chi connectivity index (χ0n) is 8.53. The maximum atomic E-state index is 4.22. The fourth-order valence-corrected chi connectivity index (χ4v) is 1.63. The van der Waals surface area contributed by atoms with Gasteiger partial charge < -0.3 is 4.57 Å². The molecule has 0 aliphatic heterocycles. The topological polar surface area (TPSA) is 17.8 Å². The van der Waals surface area contributed by atoms with Crippen LogP contribution in [0.4, 0.5) is 0 Å². The van der Waals surface area contributed by atoms with Gasteiger partial charge in [0.1, 0.15) is 0 Å². The van der Waals surface area contributed by atoms with Gasteiger partial charge in [0, 0.05) is 24.4 Å². The molecule has 1 saturated carbocycles. The Hall–Kier alpha value is -0.790. The molecule has 2 heteroatoms. The van der Waals surface area contributed by atoms with Crippen LogP contribution in [0.2, 0.25) is 0 Å². The normalized spacial score (nSPS) is 16.8. The quantitative estimate of drug-likeness (QED) is 0.693. The molecule has 1 aromatic heterocycles. The Bertz CT molecular complexity index is 271. The molecular weight excluding hydrogens is 160 g/mol. The van der Waals surface area contributed by atoms with Crippen molar-refractivity contribution in [3.05, 3.63) is 18.2 Å². The lowest BCUT2D eigenvalue weighted by Crippen LogP contribution is -2.03. The Morgan fingerprint density at radius 3 is 2.92 bits per heavy atom. The van der Waals surface area contributed by atoms with E-state index in [1.807, 2.05) is 12.5 Å². The minimum absolute atomic E-state index is 0.787. The molecule has 0 bridgehead atoms. The molecule has 1 aliphatic carbocycles. The van der Waals surface area contributed by atoms with E-state index in [1.165, 1.54) is 25.0 Å². The lowest BCUT2D eigenvalue weighted by atomic mass is 10.1. The smallest absolute Gasteiger partial charge is 0.0948 e. The second kappa shape index (κ2) is 3.52. The van der Waals surface area contributed by atoms with Gasteiger partial charge in [-0.25, -0.2) is 4.98 Å². The molecule has 0 radical (unpaired) electrons. The summed E-state index contributed by atoms with van der Waals surface area (Å²) < 4.78 is 2.33. The second-order valence-corrected chi connectivity index (χ2v) is 4.47. The van der Waals surface area contributed by atoms with Crippen LogP contribution in [0.5, 0.6) is 0 Å². The maximum Gasteiger partial charge on any atom is 0.0948 e. The first-order valence-corrected chi connectivity index (χ1v) is 5.27. The van der Waals surface area contributed by atoms with E-state index >= 15 is 0 Å². The Labute approximate surface area is 80.0 Å². The average Bonchev–Trinajstić information content (AvgIpc) is 2.82. The molecule has 0 spiro atoms. The third-order valence-electron chi connectivity index (χ3n) is 2.69. The van der Waals surface area contributed by atoms with Crippen LogP contribution in [0.1, 0.15) is 44.7 Å². The minimum Gasteiger partial charge on any atom is -0.334 e. The monoisotopic (exact) mass is 178 g/mol. The van der Waals surface area contributed by atoms with E-state index in [0.717, 1.165) is 18.4 Å². The van der Waals surface area contributed by atoms with Crippen molar-refractivity contribution in [3.8, 4) is 0 Å². The number of hydrogen-bond acceptors (Lipinski definition) is 1. The summed E-state index contributed by atoms with van der Waals surface area (Å²) in [6.07, 6.45) is 8.02. The van der Waals surface area contributed by atoms with Crippen LogP contribution in [0.25, 0.3) is 0 Å². The van der Waals surface area contributed by atoms with Crippen LogP contribution in [0.15, 0.2) is 12.5 Å². The summed E-state index contributed by atoms with van der Waals surface area (Å²) in [5.41, 5.74) is 1.46. The van der Waals surface area contributed by atoms with Crippen LogP contribution in [-0.4, -0.2) is 9.55 Å². The van der Waals surface area contributed by atoms with Gasteiger partial charge in [-0.3, -0.25) is 0 Å². The molecule has 1 fully saturated rings. The van der Waals surface area contributed by atoms with Crippen LogP contribution < -0.4 is 0 Å². The van der Waals surface area contributed by atoms with E-state index in [2.05, 4.69) is 23.4 Å². The molecule has 0 N–H and O–H groups in total. The molecule has 0 unspecified atom stereocenters. The first-order chi connectivity index (χ1) is 6.27. The molecule has 0 atom stereocenters. The predicted octanol–water partition coefficient (Wildman–Crippen LogP) is 2.81. The number of imidazole rings is 1. The van der Waals surface area contributed by atoms with Gasteiger partial charge in [0.05, 0.1) is 6.33 Å². The number of aryl methyl sites for hydroxylation is 1. The number of aromatic nitrogens is 2. The van der Waals surface area contributed by atoms with Gasteiger partial charge in [0.25, 0.3) is 0 Å². The van der Waals surface area contributed by atoms with E-state index < -0.39 is 0 Å². The lowest BCUT2D eigenvalue weighted by Gasteiger charge is -2.08. The fraction of sp³-hybridized carbons (Fsp3) is 0.727. The van der Waals surface area contributed by atoms with Crippen molar-refractivity contribution in [1.29, 1.82) is 0 Å². The fourth-order valence-electron chi connectivity index (χ4n) is 1.63. The summed E-state index contributed by atoms with van der Waals surface area (Å²) >= 11 is 0. The summed E-state index contributed by atoms with van der Waals surface area (Å²) in [7, 11) is 0. The summed E-state index contributed by atoms with van der Waals surface area (Å²) in [5.74, 6) is 1.61. The van der Waals surface area contributed by atoms with Crippen LogP contribution in [0, 0.1) is 5.92 Å². The summed E-state index contributed by atoms with van der Waals surface area (Å²) in [5, 5.41) is 0. The zero-order chi connectivity index (χ0) is 9.26. The van der Waals surface area contributed by atoms with Crippen molar-refractivity contribution in [3.63, 3.8) is 0 Å². The number of nitrogens with zero attached hydrogens (tertiary/aromatic N) is 2. The van der Waals surface area contributed by atoms with Crippen molar-refractivity contribution in [1.82, 2.24) is 9.55 Å². The number of rotatable bonds is 4. The zero-order valence-corrected chi connectivity index (χ0v) is 8.53. The Morgan fingerprint density at radius 2 is 2.31 bits per heavy atom. The summed E-state index contributed by atoms with van der Waals surface area (Å²) in [4.78, 5) is 4.22. The molecule has 72 valence electrons. The Balaban J connectivity index is 1.98. The van der Waals surface area contributed by atoms with Gasteiger partial charge in [-0.2, -0.15) is 0 Å². The van der Waals surface area contributed by atoms with Gasteiger partial charge >= 0.3 is 0 Å². The van der Waals surface area contributed by atoms with E-state index in [0.29, 0.717) is 0 Å². The number of hydrogen-bond donors (Lipinski definition) is 0. The molecule has 0 saturated heterocycles. The second-order valence-electron chi connectivity index (χ2n) is 4.47. The highest BCUT2D eigenvalue weighted by molar-refractivity contribution is 5.12. The third kappa shape index (κ3) is 2.11. The van der Waals surface area contributed by atoms with E-state index in [-0.39, 0.29) is 0 Å². The van der Waals surface area contributed by atoms with Gasteiger partial charge in [-0.05, 0) is 25.2 Å². The van der Waals surface area contributed by atoms with Crippen molar-refractivity contribution >= 4 is 0 Å². The minimum atomic E-state index is 0.787. The van der Waals surface area contributed by atoms with Gasteiger partial charge in [-0.15, -0.1) is 0 Å². The molecule has 1 aliphatic rings. The Kier molecular flexibility index (Phi) is 2.38. The molecule has 0 aromatic carbocycles. The highest BCUT2D eigenvalue weighted by Gasteiger charge is 2.26. The van der Waals surface area contributed by atoms with Crippen molar-refractivity contribution in [2.24, 2.45) is 5.92 Å². The van der Waals surface area contributed by atoms with Crippen LogP contribution in [0.3, 0.4) is 0 Å². The van der Waals surface area contributed by atoms with Crippen LogP contribution in [-0.2, 0) is 6.54 Å². The first-order valence-electron chi connectivity index (χ1n) is 5.27. The predicted molar refractivity (Wildman–Crippen MR) is 53.7 cm³/mol. The van der Waals surface area contributed by atoms with Gasteiger partial charge in [-0.1, -0.05) is 13.8 Å². The highest BCUT2D eigenvalue weighted by atomic mass is 15.0. The summed E-state index contributed by atoms with van der Waals surface area (Å²) in [6, 6.07) is 0. The maximum absolute atomic E-state index is 4.22. The van der Waals surface area contributed by atoms with E-state index in [9.17, 15) is 0 Å². The van der Waals surface area contributed by atoms with E-state index in [4.69, 9.17) is 0 Å². The molecule has 13 heavy (non-hydrogen) atoms. The average molecular weight is 178 g/mol. The largest absolute Gasteiger partial charge is 0.334 e. The van der Waals surface area contributed by atoms with Crippen molar-refractivity contribution in [2.75, 3.05) is 0 Å². The highest BCUT2D eigenvalue weighted by Crippen LogP contribution is 2.39. The Morgan fingerprint density at radius 1 is 1.54 bits per heavy atom. The van der Waals surface area contributed by atoms with Crippen LogP contribution >= 0.6 is 0 Å².